The Morgan fingerprint density at radius 3 is 2.62 bits per heavy atom. The number of nitrogens with one attached hydrogen (secondary N) is 2. The van der Waals surface area contributed by atoms with Crippen LogP contribution in [0.25, 0.3) is 0 Å². The third-order valence-corrected chi connectivity index (χ3v) is 4.18. The molecule has 0 unspecified atom stereocenters. The average Bonchev–Trinajstić information content (AvgIpc) is 2.43. The van der Waals surface area contributed by atoms with E-state index in [1.165, 1.54) is 24.3 Å². The molecule has 0 saturated carbocycles. The highest BCUT2D eigenvalue weighted by molar-refractivity contribution is 8.00. The molecule has 0 radical (unpaired) electrons. The van der Waals surface area contributed by atoms with Crippen molar-refractivity contribution in [2.45, 2.75) is 17.7 Å². The zero-order valence-corrected chi connectivity index (χ0v) is 11.7. The van der Waals surface area contributed by atoms with Gasteiger partial charge in [0, 0.05) is 17.9 Å². The minimum Gasteiger partial charge on any atom is -0.480 e. The highest BCUT2D eigenvalue weighted by Gasteiger charge is 2.33. The lowest BCUT2D eigenvalue weighted by Crippen LogP contribution is -2.51. The highest BCUT2D eigenvalue weighted by Crippen LogP contribution is 2.21. The van der Waals surface area contributed by atoms with Crippen molar-refractivity contribution < 1.29 is 23.9 Å². The fourth-order valence-corrected chi connectivity index (χ4v) is 2.93. The van der Waals surface area contributed by atoms with Crippen molar-refractivity contribution in [2.24, 2.45) is 0 Å². The first kappa shape index (κ1) is 15.3. The minimum atomic E-state index is -1.09. The van der Waals surface area contributed by atoms with E-state index in [4.69, 9.17) is 5.11 Å². The summed E-state index contributed by atoms with van der Waals surface area (Å²) < 4.78 is 12.7. The second-order valence-electron chi connectivity index (χ2n) is 4.48. The van der Waals surface area contributed by atoms with Gasteiger partial charge in [-0.1, -0.05) is 0 Å². The van der Waals surface area contributed by atoms with E-state index in [-0.39, 0.29) is 18.1 Å². The molecule has 1 aliphatic heterocycles. The van der Waals surface area contributed by atoms with Crippen LogP contribution < -0.4 is 10.6 Å². The van der Waals surface area contributed by atoms with Gasteiger partial charge in [0.1, 0.15) is 11.9 Å². The minimum absolute atomic E-state index is 0.0692. The van der Waals surface area contributed by atoms with Gasteiger partial charge in [0.05, 0.1) is 5.25 Å². The Labute approximate surface area is 124 Å². The average molecular weight is 312 g/mol. The van der Waals surface area contributed by atoms with Crippen LogP contribution in [0.4, 0.5) is 10.1 Å². The summed E-state index contributed by atoms with van der Waals surface area (Å²) in [6.45, 7) is 0. The smallest absolute Gasteiger partial charge is 0.327 e. The van der Waals surface area contributed by atoms with Crippen molar-refractivity contribution >= 4 is 35.2 Å². The van der Waals surface area contributed by atoms with E-state index in [1.807, 2.05) is 0 Å². The Balaban J connectivity index is 1.87. The van der Waals surface area contributed by atoms with Gasteiger partial charge in [-0.05, 0) is 24.3 Å². The number of aliphatic carboxylic acids is 1. The molecule has 0 aliphatic carbocycles. The Bertz CT molecular complexity index is 564. The summed E-state index contributed by atoms with van der Waals surface area (Å²) in [6, 6.07) is 4.35. The molecular formula is C13H13FN2O4S. The van der Waals surface area contributed by atoms with Crippen molar-refractivity contribution in [1.82, 2.24) is 5.32 Å². The van der Waals surface area contributed by atoms with Gasteiger partial charge >= 0.3 is 5.97 Å². The van der Waals surface area contributed by atoms with Crippen LogP contribution in [0.5, 0.6) is 0 Å². The number of amides is 2. The molecule has 2 rings (SSSR count). The second-order valence-corrected chi connectivity index (χ2v) is 5.72. The molecule has 1 aliphatic rings. The number of thioether (sulfide) groups is 1. The molecule has 2 amide bonds. The summed E-state index contributed by atoms with van der Waals surface area (Å²) >= 11 is 1.14. The van der Waals surface area contributed by atoms with Gasteiger partial charge in [-0.25, -0.2) is 9.18 Å². The standard InChI is InChI=1S/C13H13FN2O4S/c14-7-1-3-8(4-2-7)15-11(17)5-10-12(18)16-9(6-21-10)13(19)20/h1-4,9-10H,5-6H2,(H,15,17)(H,16,18)(H,19,20)/t9-,10+/m0/s1. The van der Waals surface area contributed by atoms with Crippen LogP contribution >= 0.6 is 11.8 Å². The number of anilines is 1. The Morgan fingerprint density at radius 2 is 2.05 bits per heavy atom. The largest absolute Gasteiger partial charge is 0.480 e. The van der Waals surface area contributed by atoms with E-state index in [2.05, 4.69) is 10.6 Å². The number of carboxylic acids is 1. The number of rotatable bonds is 4. The maximum atomic E-state index is 12.7. The number of hydrogen-bond donors (Lipinski definition) is 3. The number of carboxylic acid groups (broad SMARTS) is 1. The van der Waals surface area contributed by atoms with Gasteiger partial charge < -0.3 is 15.7 Å². The van der Waals surface area contributed by atoms with Crippen molar-refractivity contribution in [3.8, 4) is 0 Å². The van der Waals surface area contributed by atoms with E-state index in [0.29, 0.717) is 5.69 Å². The molecular weight excluding hydrogens is 299 g/mol. The molecule has 112 valence electrons. The maximum absolute atomic E-state index is 12.7. The summed E-state index contributed by atoms with van der Waals surface area (Å²) in [4.78, 5) is 34.3. The summed E-state index contributed by atoms with van der Waals surface area (Å²) in [5, 5.41) is 13.1. The molecule has 0 aromatic heterocycles. The van der Waals surface area contributed by atoms with Gasteiger partial charge in [0.25, 0.3) is 0 Å². The topological polar surface area (TPSA) is 95.5 Å². The van der Waals surface area contributed by atoms with E-state index in [1.54, 1.807) is 0 Å². The van der Waals surface area contributed by atoms with Crippen LogP contribution in [-0.4, -0.2) is 39.9 Å². The number of carbonyl (C=O) groups excluding carboxylic acids is 2. The summed E-state index contributed by atoms with van der Waals surface area (Å²) in [6.07, 6.45) is -0.0692. The monoisotopic (exact) mass is 312 g/mol. The molecule has 8 heteroatoms. The summed E-state index contributed by atoms with van der Waals surface area (Å²) in [7, 11) is 0. The molecule has 1 aromatic carbocycles. The number of hydrogen-bond acceptors (Lipinski definition) is 4. The number of halogens is 1. The molecule has 1 heterocycles. The lowest BCUT2D eigenvalue weighted by atomic mass is 10.2. The molecule has 6 nitrogen and oxygen atoms in total. The fourth-order valence-electron chi connectivity index (χ4n) is 1.79. The molecule has 1 fully saturated rings. The molecule has 0 bridgehead atoms. The fraction of sp³-hybridized carbons (Fsp3) is 0.308. The van der Waals surface area contributed by atoms with Crippen molar-refractivity contribution in [3.05, 3.63) is 30.1 Å². The molecule has 2 atom stereocenters. The lowest BCUT2D eigenvalue weighted by Gasteiger charge is -2.25. The molecule has 1 saturated heterocycles. The van der Waals surface area contributed by atoms with Gasteiger partial charge in [0.15, 0.2) is 0 Å². The van der Waals surface area contributed by atoms with Crippen LogP contribution in [0.1, 0.15) is 6.42 Å². The van der Waals surface area contributed by atoms with Crippen LogP contribution in [0.3, 0.4) is 0 Å². The third-order valence-electron chi connectivity index (χ3n) is 2.87. The summed E-state index contributed by atoms with van der Waals surface area (Å²) in [5.74, 6) is -2.13. The molecule has 21 heavy (non-hydrogen) atoms. The van der Waals surface area contributed by atoms with Crippen molar-refractivity contribution in [1.29, 1.82) is 0 Å². The quantitative estimate of drug-likeness (QED) is 0.766. The zero-order valence-electron chi connectivity index (χ0n) is 10.8. The van der Waals surface area contributed by atoms with Gasteiger partial charge in [-0.2, -0.15) is 0 Å². The van der Waals surface area contributed by atoms with E-state index < -0.39 is 29.0 Å². The van der Waals surface area contributed by atoms with Crippen LogP contribution in [0, 0.1) is 5.82 Å². The van der Waals surface area contributed by atoms with Crippen LogP contribution in [0.2, 0.25) is 0 Å². The Kier molecular flexibility index (Phi) is 4.79. The normalized spacial score (nSPS) is 21.5. The van der Waals surface area contributed by atoms with Crippen molar-refractivity contribution in [2.75, 3.05) is 11.1 Å². The van der Waals surface area contributed by atoms with Crippen LogP contribution in [-0.2, 0) is 14.4 Å². The predicted octanol–water partition coefficient (Wildman–Crippen LogP) is 0.839. The Morgan fingerprint density at radius 1 is 1.38 bits per heavy atom. The predicted molar refractivity (Wildman–Crippen MR) is 75.5 cm³/mol. The van der Waals surface area contributed by atoms with Crippen molar-refractivity contribution in [3.63, 3.8) is 0 Å². The molecule has 0 spiro atoms. The van der Waals surface area contributed by atoms with E-state index in [9.17, 15) is 18.8 Å². The first-order valence-electron chi connectivity index (χ1n) is 6.16. The maximum Gasteiger partial charge on any atom is 0.327 e. The first-order valence-corrected chi connectivity index (χ1v) is 7.21. The van der Waals surface area contributed by atoms with Gasteiger partial charge in [-0.15, -0.1) is 11.8 Å². The SMILES string of the molecule is O=C(C[C@H]1SC[C@@H](C(=O)O)NC1=O)Nc1ccc(F)cc1. The van der Waals surface area contributed by atoms with E-state index >= 15 is 0 Å². The lowest BCUT2D eigenvalue weighted by molar-refractivity contribution is -0.141. The molecule has 1 aromatic rings. The highest BCUT2D eigenvalue weighted by atomic mass is 32.2. The number of benzene rings is 1. The third kappa shape index (κ3) is 4.19. The number of carbonyl (C=O) groups is 3. The van der Waals surface area contributed by atoms with Gasteiger partial charge in [-0.3, -0.25) is 9.59 Å². The summed E-state index contributed by atoms with van der Waals surface area (Å²) in [5.41, 5.74) is 0.436. The Hall–Kier alpha value is -2.09. The van der Waals surface area contributed by atoms with E-state index in [0.717, 1.165) is 11.8 Å². The zero-order chi connectivity index (χ0) is 15.4. The van der Waals surface area contributed by atoms with Gasteiger partial charge in [0.2, 0.25) is 11.8 Å². The van der Waals surface area contributed by atoms with Crippen LogP contribution in [0.15, 0.2) is 24.3 Å². The molecule has 3 N–H and O–H groups in total. The first-order chi connectivity index (χ1) is 9.95. The second kappa shape index (κ2) is 6.57.